The molecule has 1 atom stereocenters. The first-order valence-electron chi connectivity index (χ1n) is 9.33. The van der Waals surface area contributed by atoms with Crippen molar-refractivity contribution >= 4 is 11.8 Å². The summed E-state index contributed by atoms with van der Waals surface area (Å²) in [5.41, 5.74) is 4.93. The van der Waals surface area contributed by atoms with Gasteiger partial charge < -0.3 is 4.90 Å². The van der Waals surface area contributed by atoms with E-state index in [0.717, 1.165) is 6.04 Å². The molecule has 1 aromatic carbocycles. The molecule has 3 rings (SSSR count). The zero-order valence-corrected chi connectivity index (χ0v) is 15.2. The lowest BCUT2D eigenvalue weighted by Gasteiger charge is -2.35. The third-order valence-electron chi connectivity index (χ3n) is 5.29. The molecule has 0 fully saturated rings. The Labute approximate surface area is 140 Å². The molecule has 0 aromatic heterocycles. The van der Waals surface area contributed by atoms with Gasteiger partial charge in [0.1, 0.15) is 0 Å². The van der Waals surface area contributed by atoms with Gasteiger partial charge >= 0.3 is 0 Å². The summed E-state index contributed by atoms with van der Waals surface area (Å²) in [6, 6.07) is 5.85. The fourth-order valence-electron chi connectivity index (χ4n) is 4.06. The maximum atomic E-state index is 2.79. The van der Waals surface area contributed by atoms with Crippen LogP contribution in [-0.4, -0.2) is 29.8 Å². The van der Waals surface area contributed by atoms with E-state index in [1.165, 1.54) is 70.2 Å². The number of nitrogens with zero attached hydrogens (tertiary/aromatic N) is 1. The smallest absolute Gasteiger partial charge is 0.0139 e. The second-order valence-corrected chi connectivity index (χ2v) is 8.10. The van der Waals surface area contributed by atoms with E-state index in [-0.39, 0.29) is 0 Å². The van der Waals surface area contributed by atoms with E-state index in [1.807, 2.05) is 0 Å². The van der Waals surface area contributed by atoms with Crippen molar-refractivity contribution in [1.82, 2.24) is 4.90 Å². The van der Waals surface area contributed by atoms with Gasteiger partial charge in [0.05, 0.1) is 0 Å². The van der Waals surface area contributed by atoms with Gasteiger partial charge in [-0.25, -0.2) is 0 Å². The molecule has 0 bridgehead atoms. The normalized spacial score (nSPS) is 20.2. The summed E-state index contributed by atoms with van der Waals surface area (Å²) >= 11 is 2.06. The van der Waals surface area contributed by atoms with Crippen LogP contribution in [0.3, 0.4) is 0 Å². The lowest BCUT2D eigenvalue weighted by molar-refractivity contribution is 0.176. The minimum absolute atomic E-state index is 0.786. The molecule has 0 saturated carbocycles. The van der Waals surface area contributed by atoms with Crippen molar-refractivity contribution in [3.8, 4) is 0 Å². The molecule has 1 nitrogen and oxygen atoms in total. The number of hydrogen-bond donors (Lipinski definition) is 0. The molecule has 0 spiro atoms. The summed E-state index contributed by atoms with van der Waals surface area (Å²) < 4.78 is 0. The highest BCUT2D eigenvalue weighted by Gasteiger charge is 2.25. The fraction of sp³-hybridized carbons (Fsp3) is 0.700. The van der Waals surface area contributed by atoms with E-state index in [4.69, 9.17) is 0 Å². The van der Waals surface area contributed by atoms with Crippen LogP contribution in [0, 0.1) is 0 Å². The van der Waals surface area contributed by atoms with Crippen LogP contribution in [0.4, 0.5) is 0 Å². The quantitative estimate of drug-likeness (QED) is 0.644. The molecule has 22 heavy (non-hydrogen) atoms. The van der Waals surface area contributed by atoms with Crippen molar-refractivity contribution in [1.29, 1.82) is 0 Å². The second-order valence-electron chi connectivity index (χ2n) is 6.97. The van der Waals surface area contributed by atoms with Gasteiger partial charge in [-0.3, -0.25) is 0 Å². The molecule has 0 saturated heterocycles. The summed E-state index contributed by atoms with van der Waals surface area (Å²) in [7, 11) is 0. The van der Waals surface area contributed by atoms with Gasteiger partial charge in [-0.05, 0) is 74.4 Å². The molecule has 122 valence electrons. The van der Waals surface area contributed by atoms with Gasteiger partial charge in [0.2, 0.25) is 0 Å². The van der Waals surface area contributed by atoms with Crippen LogP contribution >= 0.6 is 11.8 Å². The Bertz CT molecular complexity index is 497. The molecule has 1 unspecified atom stereocenters. The average Bonchev–Trinajstić information content (AvgIpc) is 2.98. The fourth-order valence-corrected chi connectivity index (χ4v) is 5.17. The molecule has 2 aliphatic rings. The van der Waals surface area contributed by atoms with E-state index < -0.39 is 0 Å². The van der Waals surface area contributed by atoms with Gasteiger partial charge in [0.25, 0.3) is 0 Å². The zero-order valence-electron chi connectivity index (χ0n) is 14.4. The lowest BCUT2D eigenvalue weighted by Crippen LogP contribution is -2.40. The van der Waals surface area contributed by atoms with E-state index in [1.54, 1.807) is 21.6 Å². The Hall–Kier alpha value is -0.470. The number of rotatable bonds is 7. The Balaban J connectivity index is 1.68. The maximum absolute atomic E-state index is 2.79. The third kappa shape index (κ3) is 3.71. The third-order valence-corrected chi connectivity index (χ3v) is 6.39. The van der Waals surface area contributed by atoms with Crippen LogP contribution in [0.25, 0.3) is 0 Å². The summed E-state index contributed by atoms with van der Waals surface area (Å²) in [6.07, 6.45) is 10.6. The SMILES string of the molecule is CCCCCN(CCC)C1CCc2cc3c(cc2C1)SCC3. The van der Waals surface area contributed by atoms with Crippen molar-refractivity contribution in [2.24, 2.45) is 0 Å². The van der Waals surface area contributed by atoms with Crippen LogP contribution in [0.2, 0.25) is 0 Å². The summed E-state index contributed by atoms with van der Waals surface area (Å²) in [6.45, 7) is 7.22. The molecule has 0 radical (unpaired) electrons. The Morgan fingerprint density at radius 1 is 1.00 bits per heavy atom. The monoisotopic (exact) mass is 317 g/mol. The highest BCUT2D eigenvalue weighted by atomic mass is 32.2. The van der Waals surface area contributed by atoms with E-state index in [9.17, 15) is 0 Å². The van der Waals surface area contributed by atoms with Crippen LogP contribution in [0.5, 0.6) is 0 Å². The van der Waals surface area contributed by atoms with E-state index in [0.29, 0.717) is 0 Å². The van der Waals surface area contributed by atoms with Gasteiger partial charge in [0, 0.05) is 16.7 Å². The predicted molar refractivity (Wildman–Crippen MR) is 98.1 cm³/mol. The Morgan fingerprint density at radius 2 is 1.91 bits per heavy atom. The van der Waals surface area contributed by atoms with Crippen LogP contribution < -0.4 is 0 Å². The average molecular weight is 318 g/mol. The van der Waals surface area contributed by atoms with Crippen molar-refractivity contribution in [2.75, 3.05) is 18.8 Å². The van der Waals surface area contributed by atoms with Crippen molar-refractivity contribution in [3.63, 3.8) is 0 Å². The van der Waals surface area contributed by atoms with Crippen molar-refractivity contribution in [2.45, 2.75) is 76.2 Å². The molecule has 0 N–H and O–H groups in total. The summed E-state index contributed by atoms with van der Waals surface area (Å²) in [5, 5.41) is 0. The van der Waals surface area contributed by atoms with Gasteiger partial charge in [0.15, 0.2) is 0 Å². The highest BCUT2D eigenvalue weighted by Crippen LogP contribution is 2.36. The van der Waals surface area contributed by atoms with Gasteiger partial charge in [-0.15, -0.1) is 11.8 Å². The number of benzene rings is 1. The van der Waals surface area contributed by atoms with Crippen LogP contribution in [-0.2, 0) is 19.3 Å². The minimum atomic E-state index is 0.786. The first-order valence-corrected chi connectivity index (χ1v) is 10.3. The highest BCUT2D eigenvalue weighted by molar-refractivity contribution is 7.99. The molecular weight excluding hydrogens is 286 g/mol. The molecule has 1 aliphatic carbocycles. The molecule has 1 aliphatic heterocycles. The first kappa shape index (κ1) is 16.4. The Morgan fingerprint density at radius 3 is 2.73 bits per heavy atom. The predicted octanol–water partition coefficient (Wildman–Crippen LogP) is 5.09. The van der Waals surface area contributed by atoms with E-state index >= 15 is 0 Å². The summed E-state index contributed by atoms with van der Waals surface area (Å²) in [5.74, 6) is 1.29. The molecular formula is C20H31NS. The zero-order chi connectivity index (χ0) is 15.4. The second kappa shape index (κ2) is 7.88. The maximum Gasteiger partial charge on any atom is 0.0139 e. The van der Waals surface area contributed by atoms with E-state index in [2.05, 4.69) is 42.6 Å². The largest absolute Gasteiger partial charge is 0.300 e. The number of aryl methyl sites for hydroxylation is 2. The minimum Gasteiger partial charge on any atom is -0.300 e. The van der Waals surface area contributed by atoms with Gasteiger partial charge in [-0.2, -0.15) is 0 Å². The molecule has 1 heterocycles. The molecule has 2 heteroatoms. The number of thioether (sulfide) groups is 1. The summed E-state index contributed by atoms with van der Waals surface area (Å²) in [4.78, 5) is 4.37. The van der Waals surface area contributed by atoms with Crippen LogP contribution in [0.15, 0.2) is 17.0 Å². The number of hydrogen-bond acceptors (Lipinski definition) is 2. The lowest BCUT2D eigenvalue weighted by atomic mass is 9.86. The van der Waals surface area contributed by atoms with Crippen molar-refractivity contribution < 1.29 is 0 Å². The molecule has 1 aromatic rings. The Kier molecular flexibility index (Phi) is 5.87. The molecule has 0 amide bonds. The number of unbranched alkanes of at least 4 members (excludes halogenated alkanes) is 2. The topological polar surface area (TPSA) is 3.24 Å². The number of fused-ring (bicyclic) bond motifs is 2. The van der Waals surface area contributed by atoms with Crippen molar-refractivity contribution in [3.05, 3.63) is 28.8 Å². The standard InChI is InChI=1S/C20H31NS/c1-3-5-6-11-21(10-4-2)19-8-7-16-13-17-9-12-22-20(17)15-18(16)14-19/h13,15,19H,3-12,14H2,1-2H3. The van der Waals surface area contributed by atoms with Gasteiger partial charge in [-0.1, -0.05) is 32.8 Å². The van der Waals surface area contributed by atoms with Crippen LogP contribution in [0.1, 0.15) is 62.6 Å². The first-order chi connectivity index (χ1) is 10.8.